The van der Waals surface area contributed by atoms with Crippen LogP contribution in [0.4, 0.5) is 0 Å². The van der Waals surface area contributed by atoms with E-state index < -0.39 is 0 Å². The lowest BCUT2D eigenvalue weighted by atomic mass is 9.87. The number of carbonyl (C=O) groups excluding carboxylic acids is 1. The molecule has 1 fully saturated rings. The van der Waals surface area contributed by atoms with E-state index in [1.165, 1.54) is 24.6 Å². The van der Waals surface area contributed by atoms with Gasteiger partial charge in [-0.15, -0.1) is 10.2 Å². The molecule has 1 aliphatic rings. The number of nitrogens with zero attached hydrogens (tertiary/aromatic N) is 4. The third kappa shape index (κ3) is 5.18. The molecule has 1 saturated carbocycles. The van der Waals surface area contributed by atoms with Gasteiger partial charge in [0.25, 0.3) is 0 Å². The van der Waals surface area contributed by atoms with E-state index >= 15 is 0 Å². The lowest BCUT2D eigenvalue weighted by Gasteiger charge is -2.33. The molecule has 8 heteroatoms. The van der Waals surface area contributed by atoms with Gasteiger partial charge in [-0.05, 0) is 55.9 Å². The number of thioether (sulfide) groups is 1. The predicted molar refractivity (Wildman–Crippen MR) is 125 cm³/mol. The third-order valence-corrected chi connectivity index (χ3v) is 7.14. The number of rotatable bonds is 8. The highest BCUT2D eigenvalue weighted by Gasteiger charge is 2.25. The molecule has 4 rings (SSSR count). The van der Waals surface area contributed by atoms with Gasteiger partial charge in [-0.1, -0.05) is 30.8 Å². The SMILES string of the molecule is COc1cccc(-c2nnc(SCC(=O)N(C)C3CCC(C)CC3)n2Cc2ccco2)c1. The molecule has 0 bridgehead atoms. The molecule has 7 nitrogen and oxygen atoms in total. The summed E-state index contributed by atoms with van der Waals surface area (Å²) in [6.07, 6.45) is 6.21. The van der Waals surface area contributed by atoms with E-state index in [0.29, 0.717) is 29.3 Å². The van der Waals surface area contributed by atoms with Crippen LogP contribution in [0, 0.1) is 5.92 Å². The minimum absolute atomic E-state index is 0.130. The minimum atomic E-state index is 0.130. The van der Waals surface area contributed by atoms with Crippen molar-refractivity contribution in [2.75, 3.05) is 19.9 Å². The normalized spacial score (nSPS) is 18.5. The van der Waals surface area contributed by atoms with Crippen LogP contribution < -0.4 is 4.74 Å². The molecule has 2 heterocycles. The van der Waals surface area contributed by atoms with E-state index in [-0.39, 0.29) is 5.91 Å². The van der Waals surface area contributed by atoms with Crippen molar-refractivity contribution in [2.45, 2.75) is 50.4 Å². The number of hydrogen-bond acceptors (Lipinski definition) is 6. The van der Waals surface area contributed by atoms with Crippen LogP contribution in [0.25, 0.3) is 11.4 Å². The van der Waals surface area contributed by atoms with Crippen LogP contribution in [0.2, 0.25) is 0 Å². The van der Waals surface area contributed by atoms with Crippen LogP contribution in [0.3, 0.4) is 0 Å². The molecular formula is C24H30N4O3S. The standard InChI is InChI=1S/C24H30N4O3S/c1-17-9-11-19(12-10-17)27(2)22(29)16-32-24-26-25-23(18-6-4-7-20(14-18)30-3)28(24)15-21-8-5-13-31-21/h4-8,13-14,17,19H,9-12,15-16H2,1-3H3. The highest BCUT2D eigenvalue weighted by Crippen LogP contribution is 2.29. The Hall–Kier alpha value is -2.74. The quantitative estimate of drug-likeness (QED) is 0.459. The molecule has 0 N–H and O–H groups in total. The maximum atomic E-state index is 12.9. The van der Waals surface area contributed by atoms with Crippen molar-refractivity contribution in [2.24, 2.45) is 5.92 Å². The Kier molecular flexibility index (Phi) is 7.19. The van der Waals surface area contributed by atoms with E-state index in [1.54, 1.807) is 13.4 Å². The first-order chi connectivity index (χ1) is 15.5. The van der Waals surface area contributed by atoms with Gasteiger partial charge in [0, 0.05) is 18.7 Å². The summed E-state index contributed by atoms with van der Waals surface area (Å²) in [7, 11) is 3.57. The smallest absolute Gasteiger partial charge is 0.233 e. The van der Waals surface area contributed by atoms with Crippen molar-refractivity contribution in [1.29, 1.82) is 0 Å². The zero-order chi connectivity index (χ0) is 22.5. The molecule has 0 spiro atoms. The number of methoxy groups -OCH3 is 1. The van der Waals surface area contributed by atoms with E-state index in [4.69, 9.17) is 9.15 Å². The Morgan fingerprint density at radius 1 is 1.22 bits per heavy atom. The zero-order valence-corrected chi connectivity index (χ0v) is 19.7. The first-order valence-corrected chi connectivity index (χ1v) is 12.0. The number of amides is 1. The highest BCUT2D eigenvalue weighted by molar-refractivity contribution is 7.99. The minimum Gasteiger partial charge on any atom is -0.497 e. The van der Waals surface area contributed by atoms with Crippen LogP contribution in [-0.4, -0.2) is 51.5 Å². The monoisotopic (exact) mass is 454 g/mol. The van der Waals surface area contributed by atoms with Crippen LogP contribution >= 0.6 is 11.8 Å². The second-order valence-electron chi connectivity index (χ2n) is 8.41. The lowest BCUT2D eigenvalue weighted by molar-refractivity contribution is -0.129. The Morgan fingerprint density at radius 3 is 2.75 bits per heavy atom. The molecule has 0 radical (unpaired) electrons. The summed E-state index contributed by atoms with van der Waals surface area (Å²) in [5, 5.41) is 9.53. The van der Waals surface area contributed by atoms with Crippen LogP contribution in [0.15, 0.2) is 52.2 Å². The van der Waals surface area contributed by atoms with Gasteiger partial charge in [0.1, 0.15) is 11.5 Å². The molecule has 32 heavy (non-hydrogen) atoms. The Bertz CT molecular complexity index is 1030. The van der Waals surface area contributed by atoms with Gasteiger partial charge in [-0.3, -0.25) is 9.36 Å². The first-order valence-electron chi connectivity index (χ1n) is 11.0. The fraction of sp³-hybridized carbons (Fsp3) is 0.458. The Balaban J connectivity index is 1.51. The first kappa shape index (κ1) is 22.5. The van der Waals surface area contributed by atoms with Gasteiger partial charge in [0.15, 0.2) is 11.0 Å². The number of carbonyl (C=O) groups is 1. The van der Waals surface area contributed by atoms with Crippen molar-refractivity contribution in [1.82, 2.24) is 19.7 Å². The Labute approximate surface area is 193 Å². The molecule has 0 saturated heterocycles. The van der Waals surface area contributed by atoms with Crippen LogP contribution in [-0.2, 0) is 11.3 Å². The van der Waals surface area contributed by atoms with Gasteiger partial charge in [0.05, 0.1) is 25.7 Å². The van der Waals surface area contributed by atoms with Crippen molar-refractivity contribution < 1.29 is 13.9 Å². The Morgan fingerprint density at radius 2 is 2.03 bits per heavy atom. The molecule has 0 aliphatic heterocycles. The maximum Gasteiger partial charge on any atom is 0.233 e. The highest BCUT2D eigenvalue weighted by atomic mass is 32.2. The molecule has 2 aromatic heterocycles. The van der Waals surface area contributed by atoms with E-state index in [2.05, 4.69) is 17.1 Å². The average Bonchev–Trinajstić information content (AvgIpc) is 3.48. The topological polar surface area (TPSA) is 73.4 Å². The number of furan rings is 1. The molecular weight excluding hydrogens is 424 g/mol. The number of aromatic nitrogens is 3. The fourth-order valence-corrected chi connectivity index (χ4v) is 5.00. The zero-order valence-electron chi connectivity index (χ0n) is 18.9. The van der Waals surface area contributed by atoms with E-state index in [1.807, 2.05) is 52.9 Å². The summed E-state index contributed by atoms with van der Waals surface area (Å²) in [4.78, 5) is 14.8. The number of benzene rings is 1. The number of ether oxygens (including phenoxy) is 1. The van der Waals surface area contributed by atoms with Gasteiger partial charge in [-0.2, -0.15) is 0 Å². The summed E-state index contributed by atoms with van der Waals surface area (Å²) in [6.45, 7) is 2.78. The third-order valence-electron chi connectivity index (χ3n) is 6.19. The molecule has 3 aromatic rings. The molecule has 0 atom stereocenters. The van der Waals surface area contributed by atoms with Crippen LogP contribution in [0.5, 0.6) is 5.75 Å². The van der Waals surface area contributed by atoms with E-state index in [9.17, 15) is 4.79 Å². The van der Waals surface area contributed by atoms with Crippen molar-refractivity contribution in [3.8, 4) is 17.1 Å². The lowest BCUT2D eigenvalue weighted by Crippen LogP contribution is -2.40. The van der Waals surface area contributed by atoms with Crippen molar-refractivity contribution in [3.05, 3.63) is 48.4 Å². The number of hydrogen-bond donors (Lipinski definition) is 0. The largest absolute Gasteiger partial charge is 0.497 e. The molecule has 1 amide bonds. The summed E-state index contributed by atoms with van der Waals surface area (Å²) in [6, 6.07) is 11.9. The molecule has 0 unspecified atom stereocenters. The van der Waals surface area contributed by atoms with Gasteiger partial charge >= 0.3 is 0 Å². The summed E-state index contributed by atoms with van der Waals surface area (Å²) < 4.78 is 12.9. The van der Waals surface area contributed by atoms with E-state index in [0.717, 1.165) is 35.8 Å². The molecule has 1 aromatic carbocycles. The summed E-state index contributed by atoms with van der Waals surface area (Å²) in [5.74, 6) is 3.49. The van der Waals surface area contributed by atoms with Gasteiger partial charge in [-0.25, -0.2) is 0 Å². The molecule has 170 valence electrons. The second-order valence-corrected chi connectivity index (χ2v) is 9.35. The summed E-state index contributed by atoms with van der Waals surface area (Å²) >= 11 is 1.42. The predicted octanol–water partition coefficient (Wildman–Crippen LogP) is 4.72. The maximum absolute atomic E-state index is 12.9. The fourth-order valence-electron chi connectivity index (χ4n) is 4.13. The van der Waals surface area contributed by atoms with Gasteiger partial charge < -0.3 is 14.1 Å². The molecule has 1 aliphatic carbocycles. The summed E-state index contributed by atoms with van der Waals surface area (Å²) in [5.41, 5.74) is 0.898. The van der Waals surface area contributed by atoms with Gasteiger partial charge in [0.2, 0.25) is 5.91 Å². The van der Waals surface area contributed by atoms with Crippen molar-refractivity contribution >= 4 is 17.7 Å². The van der Waals surface area contributed by atoms with Crippen molar-refractivity contribution in [3.63, 3.8) is 0 Å². The average molecular weight is 455 g/mol. The van der Waals surface area contributed by atoms with Crippen LogP contribution in [0.1, 0.15) is 38.4 Å². The second kappa shape index (κ2) is 10.3.